The predicted octanol–water partition coefficient (Wildman–Crippen LogP) is 2.76. The summed E-state index contributed by atoms with van der Waals surface area (Å²) in [5.41, 5.74) is 1.45. The van der Waals surface area contributed by atoms with Crippen molar-refractivity contribution in [3.8, 4) is 5.75 Å². The Hall–Kier alpha value is -2.77. The number of hydrogen-bond acceptors (Lipinski definition) is 5. The van der Waals surface area contributed by atoms with Gasteiger partial charge in [0.05, 0.1) is 0 Å². The number of ketones is 1. The molecule has 1 aromatic heterocycles. The lowest BCUT2D eigenvalue weighted by Crippen LogP contribution is -2.28. The van der Waals surface area contributed by atoms with E-state index in [0.29, 0.717) is 22.8 Å². The Kier molecular flexibility index (Phi) is 3.81. The van der Waals surface area contributed by atoms with Crippen molar-refractivity contribution in [2.24, 2.45) is 0 Å². The molecule has 0 amide bonds. The first-order chi connectivity index (χ1) is 11.0. The van der Waals surface area contributed by atoms with E-state index in [4.69, 9.17) is 0 Å². The highest BCUT2D eigenvalue weighted by Gasteiger charge is 2.33. The summed E-state index contributed by atoms with van der Waals surface area (Å²) in [6, 6.07) is 5.68. The third-order valence-electron chi connectivity index (χ3n) is 3.60. The summed E-state index contributed by atoms with van der Waals surface area (Å²) in [5.74, 6) is 0.250. The van der Waals surface area contributed by atoms with Crippen molar-refractivity contribution < 1.29 is 18.3 Å². The number of halogens is 2. The third-order valence-corrected chi connectivity index (χ3v) is 3.60. The Labute approximate surface area is 130 Å². The number of carbonyl (C=O) groups excluding carboxylic acids is 1. The maximum absolute atomic E-state index is 12.7. The standard InChI is InChI=1S/C15H14F2N4O2/c1-8-12(9(2)22)13(21-15(20-8)18-7-19-21)10-5-3-4-6-11(10)23-14(16)17/h3-7,13-14H,1-2H3,(H,18,19,20)/t13-/m1/s1. The van der Waals surface area contributed by atoms with Gasteiger partial charge in [0.15, 0.2) is 5.78 Å². The SMILES string of the molecule is CC(=O)C1=C(C)Nc2ncnn2[C@@H]1c1ccccc1OC(F)F. The van der Waals surface area contributed by atoms with E-state index in [1.807, 2.05) is 0 Å². The lowest BCUT2D eigenvalue weighted by molar-refractivity contribution is -0.114. The number of para-hydroxylation sites is 1. The van der Waals surface area contributed by atoms with Crippen molar-refractivity contribution >= 4 is 11.7 Å². The van der Waals surface area contributed by atoms with Gasteiger partial charge in [-0.1, -0.05) is 18.2 Å². The molecule has 2 aromatic rings. The van der Waals surface area contributed by atoms with Gasteiger partial charge in [-0.3, -0.25) is 4.79 Å². The summed E-state index contributed by atoms with van der Waals surface area (Å²) >= 11 is 0. The number of nitrogens with one attached hydrogen (secondary N) is 1. The van der Waals surface area contributed by atoms with Crippen LogP contribution in [0.15, 0.2) is 41.9 Å². The molecule has 3 rings (SSSR count). The first-order valence-corrected chi connectivity index (χ1v) is 6.91. The number of allylic oxidation sites excluding steroid dienone is 2. The monoisotopic (exact) mass is 320 g/mol. The van der Waals surface area contributed by atoms with Gasteiger partial charge in [-0.25, -0.2) is 4.68 Å². The Balaban J connectivity index is 2.19. The van der Waals surface area contributed by atoms with Crippen molar-refractivity contribution in [2.45, 2.75) is 26.5 Å². The minimum Gasteiger partial charge on any atom is -0.434 e. The molecular weight excluding hydrogens is 306 g/mol. The van der Waals surface area contributed by atoms with Gasteiger partial charge in [0.1, 0.15) is 18.1 Å². The Morgan fingerprint density at radius 3 is 2.83 bits per heavy atom. The molecule has 0 radical (unpaired) electrons. The largest absolute Gasteiger partial charge is 0.434 e. The number of anilines is 1. The number of Topliss-reactive ketones (excluding diaryl/α,β-unsaturated/α-hetero) is 1. The third kappa shape index (κ3) is 2.67. The number of nitrogens with zero attached hydrogens (tertiary/aromatic N) is 3. The zero-order valence-corrected chi connectivity index (χ0v) is 12.5. The topological polar surface area (TPSA) is 69.0 Å². The Morgan fingerprint density at radius 2 is 2.13 bits per heavy atom. The van der Waals surface area contributed by atoms with Gasteiger partial charge >= 0.3 is 6.61 Å². The average Bonchev–Trinajstić information content (AvgIpc) is 2.93. The van der Waals surface area contributed by atoms with E-state index in [9.17, 15) is 13.6 Å². The molecule has 1 atom stereocenters. The van der Waals surface area contributed by atoms with Crippen LogP contribution in [0.5, 0.6) is 5.75 Å². The van der Waals surface area contributed by atoms with Gasteiger partial charge in [-0.15, -0.1) is 0 Å². The molecule has 8 heteroatoms. The summed E-state index contributed by atoms with van der Waals surface area (Å²) in [6.07, 6.45) is 1.34. The number of carbonyl (C=O) groups is 1. The van der Waals surface area contributed by atoms with Crippen LogP contribution in [0, 0.1) is 0 Å². The van der Waals surface area contributed by atoms with Crippen LogP contribution >= 0.6 is 0 Å². The van der Waals surface area contributed by atoms with Gasteiger partial charge in [-0.05, 0) is 19.9 Å². The molecule has 0 saturated carbocycles. The summed E-state index contributed by atoms with van der Waals surface area (Å²) in [5, 5.41) is 7.11. The maximum Gasteiger partial charge on any atom is 0.387 e. The van der Waals surface area contributed by atoms with E-state index in [-0.39, 0.29) is 11.5 Å². The molecule has 6 nitrogen and oxygen atoms in total. The molecule has 120 valence electrons. The predicted molar refractivity (Wildman–Crippen MR) is 78.2 cm³/mol. The molecule has 1 N–H and O–H groups in total. The molecule has 2 heterocycles. The van der Waals surface area contributed by atoms with E-state index in [2.05, 4.69) is 20.1 Å². The van der Waals surface area contributed by atoms with Crippen LogP contribution in [-0.4, -0.2) is 27.2 Å². The number of alkyl halides is 2. The van der Waals surface area contributed by atoms with E-state index < -0.39 is 12.7 Å². The van der Waals surface area contributed by atoms with E-state index in [1.54, 1.807) is 25.1 Å². The molecular formula is C15H14F2N4O2. The van der Waals surface area contributed by atoms with Gasteiger partial charge in [-0.2, -0.15) is 18.9 Å². The molecule has 0 bridgehead atoms. The first-order valence-electron chi connectivity index (χ1n) is 6.91. The van der Waals surface area contributed by atoms with Crippen LogP contribution in [0.1, 0.15) is 25.5 Å². The second-order valence-corrected chi connectivity index (χ2v) is 5.07. The Morgan fingerprint density at radius 1 is 1.39 bits per heavy atom. The molecule has 0 saturated heterocycles. The molecule has 1 aromatic carbocycles. The van der Waals surface area contributed by atoms with Crippen LogP contribution in [-0.2, 0) is 4.79 Å². The highest BCUT2D eigenvalue weighted by Crippen LogP contribution is 2.39. The number of rotatable bonds is 4. The molecule has 23 heavy (non-hydrogen) atoms. The van der Waals surface area contributed by atoms with E-state index in [0.717, 1.165) is 0 Å². The summed E-state index contributed by atoms with van der Waals surface area (Å²) < 4.78 is 31.5. The van der Waals surface area contributed by atoms with Crippen molar-refractivity contribution in [3.05, 3.63) is 47.4 Å². The number of fused-ring (bicyclic) bond motifs is 1. The van der Waals surface area contributed by atoms with Crippen LogP contribution in [0.2, 0.25) is 0 Å². The van der Waals surface area contributed by atoms with E-state index in [1.165, 1.54) is 24.0 Å². The number of aromatic nitrogens is 3. The fourth-order valence-electron chi connectivity index (χ4n) is 2.74. The summed E-state index contributed by atoms with van der Waals surface area (Å²) in [4.78, 5) is 16.2. The lowest BCUT2D eigenvalue weighted by atomic mass is 9.92. The number of ether oxygens (including phenoxy) is 1. The summed E-state index contributed by atoms with van der Waals surface area (Å²) in [6.45, 7) is 0.198. The fraction of sp³-hybridized carbons (Fsp3) is 0.267. The average molecular weight is 320 g/mol. The lowest BCUT2D eigenvalue weighted by Gasteiger charge is -2.29. The minimum absolute atomic E-state index is 0.00222. The Bertz CT molecular complexity index is 785. The normalized spacial score (nSPS) is 17.0. The fourth-order valence-corrected chi connectivity index (χ4v) is 2.74. The number of hydrogen-bond donors (Lipinski definition) is 1. The van der Waals surface area contributed by atoms with Gasteiger partial charge < -0.3 is 10.1 Å². The first kappa shape index (κ1) is 15.1. The second kappa shape index (κ2) is 5.79. The van der Waals surface area contributed by atoms with Crippen LogP contribution in [0.25, 0.3) is 0 Å². The van der Waals surface area contributed by atoms with Crippen LogP contribution < -0.4 is 10.1 Å². The smallest absolute Gasteiger partial charge is 0.387 e. The quantitative estimate of drug-likeness (QED) is 0.938. The highest BCUT2D eigenvalue weighted by atomic mass is 19.3. The molecule has 0 fully saturated rings. The highest BCUT2D eigenvalue weighted by molar-refractivity contribution is 5.96. The zero-order chi connectivity index (χ0) is 16.6. The number of benzene rings is 1. The molecule has 0 spiro atoms. The minimum atomic E-state index is -2.96. The van der Waals surface area contributed by atoms with Gasteiger partial charge in [0.25, 0.3) is 0 Å². The van der Waals surface area contributed by atoms with Crippen molar-refractivity contribution in [1.29, 1.82) is 0 Å². The van der Waals surface area contributed by atoms with Crippen molar-refractivity contribution in [2.75, 3.05) is 5.32 Å². The molecule has 0 aliphatic carbocycles. The summed E-state index contributed by atoms with van der Waals surface area (Å²) in [7, 11) is 0. The molecule has 1 aliphatic rings. The van der Waals surface area contributed by atoms with Gasteiger partial charge in [0, 0.05) is 16.8 Å². The van der Waals surface area contributed by atoms with Crippen molar-refractivity contribution in [3.63, 3.8) is 0 Å². The second-order valence-electron chi connectivity index (χ2n) is 5.07. The van der Waals surface area contributed by atoms with Crippen LogP contribution in [0.3, 0.4) is 0 Å². The van der Waals surface area contributed by atoms with Crippen molar-refractivity contribution in [1.82, 2.24) is 14.8 Å². The van der Waals surface area contributed by atoms with Crippen LogP contribution in [0.4, 0.5) is 14.7 Å². The molecule has 1 aliphatic heterocycles. The van der Waals surface area contributed by atoms with Gasteiger partial charge in [0.2, 0.25) is 5.95 Å². The zero-order valence-electron chi connectivity index (χ0n) is 12.5. The maximum atomic E-state index is 12.7. The van der Waals surface area contributed by atoms with E-state index >= 15 is 0 Å². The molecule has 0 unspecified atom stereocenters.